The number of hydrogen-bond donors (Lipinski definition) is 0. The van der Waals surface area contributed by atoms with Crippen molar-refractivity contribution in [2.45, 2.75) is 0 Å². The number of methoxy groups -OCH3 is 2. The molecule has 0 unspecified atom stereocenters. The number of nitrogens with zero attached hydrogens (tertiary/aromatic N) is 4. The average molecular weight is 408 g/mol. The molecule has 0 saturated carbocycles. The zero-order chi connectivity index (χ0) is 21.3. The number of pyridine rings is 2. The number of fused-ring (bicyclic) bond motifs is 1. The van der Waals surface area contributed by atoms with Crippen molar-refractivity contribution in [3.63, 3.8) is 0 Å². The first-order chi connectivity index (χ1) is 14.5. The molecule has 3 heterocycles. The van der Waals surface area contributed by atoms with E-state index < -0.39 is 0 Å². The lowest BCUT2D eigenvalue weighted by Crippen LogP contribution is -2.49. The number of anilines is 1. The number of piperazine rings is 1. The van der Waals surface area contributed by atoms with Crippen molar-refractivity contribution < 1.29 is 14.3 Å². The molecule has 156 valence electrons. The molecule has 1 aliphatic rings. The number of aromatic nitrogens is 2. The maximum Gasteiger partial charge on any atom is 0.258 e. The average Bonchev–Trinajstić information content (AvgIpc) is 2.80. The van der Waals surface area contributed by atoms with Crippen LogP contribution in [-0.4, -0.2) is 60.8 Å². The van der Waals surface area contributed by atoms with Crippen molar-refractivity contribution in [3.05, 3.63) is 58.6 Å². The summed E-state index contributed by atoms with van der Waals surface area (Å²) in [6, 6.07) is 9.15. The van der Waals surface area contributed by atoms with Gasteiger partial charge in [-0.05, 0) is 24.3 Å². The highest BCUT2D eigenvalue weighted by Gasteiger charge is 2.25. The van der Waals surface area contributed by atoms with E-state index in [4.69, 9.17) is 9.47 Å². The predicted octanol–water partition coefficient (Wildman–Crippen LogP) is 1.91. The fourth-order valence-corrected chi connectivity index (χ4v) is 3.81. The van der Waals surface area contributed by atoms with Gasteiger partial charge in [-0.3, -0.25) is 9.59 Å². The molecule has 1 fully saturated rings. The Balaban J connectivity index is 1.67. The number of aryl methyl sites for hydroxylation is 1. The third kappa shape index (κ3) is 3.45. The lowest BCUT2D eigenvalue weighted by atomic mass is 10.0. The van der Waals surface area contributed by atoms with Crippen molar-refractivity contribution >= 4 is 22.5 Å². The van der Waals surface area contributed by atoms with Crippen LogP contribution >= 0.6 is 0 Å². The van der Waals surface area contributed by atoms with Gasteiger partial charge in [-0.25, -0.2) is 4.98 Å². The van der Waals surface area contributed by atoms with Gasteiger partial charge in [0, 0.05) is 51.0 Å². The first-order valence-corrected chi connectivity index (χ1v) is 9.74. The maximum absolute atomic E-state index is 13.4. The van der Waals surface area contributed by atoms with Crippen molar-refractivity contribution in [3.8, 4) is 11.5 Å². The van der Waals surface area contributed by atoms with Crippen molar-refractivity contribution in [1.29, 1.82) is 0 Å². The maximum atomic E-state index is 13.4. The Morgan fingerprint density at radius 2 is 1.67 bits per heavy atom. The first kappa shape index (κ1) is 19.8. The van der Waals surface area contributed by atoms with E-state index in [9.17, 15) is 9.59 Å². The molecule has 0 N–H and O–H groups in total. The summed E-state index contributed by atoms with van der Waals surface area (Å²) in [5, 5.41) is 0.987. The number of ether oxygens (including phenoxy) is 2. The van der Waals surface area contributed by atoms with E-state index in [0.29, 0.717) is 54.0 Å². The molecule has 3 aromatic rings. The van der Waals surface area contributed by atoms with Crippen LogP contribution in [0.25, 0.3) is 10.8 Å². The van der Waals surface area contributed by atoms with Gasteiger partial charge in [0.2, 0.25) is 0 Å². The normalized spacial score (nSPS) is 14.1. The van der Waals surface area contributed by atoms with Crippen LogP contribution in [0.4, 0.5) is 5.82 Å². The minimum absolute atomic E-state index is 0.108. The molecule has 0 radical (unpaired) electrons. The number of benzene rings is 1. The summed E-state index contributed by atoms with van der Waals surface area (Å²) < 4.78 is 12.2. The minimum atomic E-state index is -0.192. The summed E-state index contributed by atoms with van der Waals surface area (Å²) >= 11 is 0. The number of hydrogen-bond acceptors (Lipinski definition) is 6. The molecule has 1 aromatic carbocycles. The molecule has 1 saturated heterocycles. The van der Waals surface area contributed by atoms with Crippen LogP contribution in [0.15, 0.2) is 47.5 Å². The third-order valence-electron chi connectivity index (χ3n) is 5.46. The number of amides is 1. The highest BCUT2D eigenvalue weighted by Crippen LogP contribution is 2.32. The molecular weight excluding hydrogens is 384 g/mol. The zero-order valence-electron chi connectivity index (χ0n) is 17.3. The van der Waals surface area contributed by atoms with Gasteiger partial charge in [-0.15, -0.1) is 0 Å². The molecule has 0 atom stereocenters. The van der Waals surface area contributed by atoms with Crippen molar-refractivity contribution in [1.82, 2.24) is 14.5 Å². The summed E-state index contributed by atoms with van der Waals surface area (Å²) in [6.45, 7) is 2.55. The van der Waals surface area contributed by atoms with Gasteiger partial charge in [-0.2, -0.15) is 0 Å². The zero-order valence-corrected chi connectivity index (χ0v) is 17.3. The Hall–Kier alpha value is -3.55. The van der Waals surface area contributed by atoms with Gasteiger partial charge >= 0.3 is 0 Å². The SMILES string of the molecule is COc1cc2c(C(=O)N3CCN(c4ccccn4)CC3)cn(C)c(=O)c2cc1OC. The van der Waals surface area contributed by atoms with E-state index >= 15 is 0 Å². The van der Waals surface area contributed by atoms with Gasteiger partial charge in [0.1, 0.15) is 5.82 Å². The van der Waals surface area contributed by atoms with E-state index in [-0.39, 0.29) is 11.5 Å². The second kappa shape index (κ2) is 8.06. The third-order valence-corrected chi connectivity index (χ3v) is 5.46. The van der Waals surface area contributed by atoms with Gasteiger partial charge in [0.15, 0.2) is 11.5 Å². The lowest BCUT2D eigenvalue weighted by Gasteiger charge is -2.35. The van der Waals surface area contributed by atoms with Crippen LogP contribution < -0.4 is 19.9 Å². The minimum Gasteiger partial charge on any atom is -0.493 e. The largest absolute Gasteiger partial charge is 0.493 e. The van der Waals surface area contributed by atoms with Crippen LogP contribution in [0.1, 0.15) is 10.4 Å². The smallest absolute Gasteiger partial charge is 0.258 e. The van der Waals surface area contributed by atoms with Crippen LogP contribution in [0.3, 0.4) is 0 Å². The highest BCUT2D eigenvalue weighted by atomic mass is 16.5. The number of carbonyl (C=O) groups excluding carboxylic acids is 1. The quantitative estimate of drug-likeness (QED) is 0.656. The Morgan fingerprint density at radius 3 is 2.27 bits per heavy atom. The van der Waals surface area contributed by atoms with Crippen LogP contribution in [-0.2, 0) is 7.05 Å². The molecule has 0 aliphatic carbocycles. The van der Waals surface area contributed by atoms with E-state index in [1.54, 1.807) is 31.6 Å². The highest BCUT2D eigenvalue weighted by molar-refractivity contribution is 6.07. The second-order valence-corrected chi connectivity index (χ2v) is 7.18. The molecular formula is C22H24N4O4. The second-order valence-electron chi connectivity index (χ2n) is 7.18. The fraction of sp³-hybridized carbons (Fsp3) is 0.318. The molecule has 8 nitrogen and oxygen atoms in total. The fourth-order valence-electron chi connectivity index (χ4n) is 3.81. The summed E-state index contributed by atoms with van der Waals surface area (Å²) in [4.78, 5) is 34.4. The monoisotopic (exact) mass is 408 g/mol. The number of carbonyl (C=O) groups is 1. The molecule has 1 amide bonds. The molecule has 0 spiro atoms. The Kier molecular flexibility index (Phi) is 5.31. The van der Waals surface area contributed by atoms with E-state index in [0.717, 1.165) is 5.82 Å². The lowest BCUT2D eigenvalue weighted by molar-refractivity contribution is 0.0747. The van der Waals surface area contributed by atoms with Crippen LogP contribution in [0.2, 0.25) is 0 Å². The van der Waals surface area contributed by atoms with Crippen molar-refractivity contribution in [2.75, 3.05) is 45.3 Å². The topological polar surface area (TPSA) is 76.9 Å². The summed E-state index contributed by atoms with van der Waals surface area (Å²) in [6.07, 6.45) is 3.37. The molecule has 8 heteroatoms. The molecule has 2 aromatic heterocycles. The molecule has 0 bridgehead atoms. The van der Waals surface area contributed by atoms with Gasteiger partial charge in [0.25, 0.3) is 11.5 Å². The van der Waals surface area contributed by atoms with E-state index in [1.165, 1.54) is 18.8 Å². The molecule has 1 aliphatic heterocycles. The Morgan fingerprint density at radius 1 is 1.00 bits per heavy atom. The molecule has 4 rings (SSSR count). The first-order valence-electron chi connectivity index (χ1n) is 9.74. The van der Waals surface area contributed by atoms with Crippen molar-refractivity contribution in [2.24, 2.45) is 7.05 Å². The standard InChI is InChI=1S/C22H24N4O4/c1-24-14-17(15-12-18(29-2)19(30-3)13-16(15)21(24)27)22(28)26-10-8-25(9-11-26)20-6-4-5-7-23-20/h4-7,12-14H,8-11H2,1-3H3. The van der Waals surface area contributed by atoms with E-state index in [1.807, 2.05) is 23.1 Å². The molecule has 30 heavy (non-hydrogen) atoms. The Labute approximate surface area is 174 Å². The predicted molar refractivity (Wildman–Crippen MR) is 115 cm³/mol. The van der Waals surface area contributed by atoms with Crippen LogP contribution in [0.5, 0.6) is 11.5 Å². The van der Waals surface area contributed by atoms with E-state index in [2.05, 4.69) is 9.88 Å². The van der Waals surface area contributed by atoms with Gasteiger partial charge < -0.3 is 23.8 Å². The Bertz CT molecular complexity index is 1140. The van der Waals surface area contributed by atoms with Gasteiger partial charge in [0.05, 0.1) is 25.2 Å². The summed E-state index contributed by atoms with van der Waals surface area (Å²) in [7, 11) is 4.70. The summed E-state index contributed by atoms with van der Waals surface area (Å²) in [5.74, 6) is 1.74. The van der Waals surface area contributed by atoms with Gasteiger partial charge in [-0.1, -0.05) is 6.07 Å². The number of rotatable bonds is 4. The van der Waals surface area contributed by atoms with Crippen LogP contribution in [0, 0.1) is 0 Å². The summed E-state index contributed by atoms with van der Waals surface area (Å²) in [5.41, 5.74) is 0.279.